The van der Waals surface area contributed by atoms with Gasteiger partial charge in [0.1, 0.15) is 22.3 Å². The molecule has 3 nitrogen and oxygen atoms in total. The number of nitrogens with zero attached hydrogens (tertiary/aromatic N) is 1. The number of anilines is 3. The zero-order valence-corrected chi connectivity index (χ0v) is 32.0. The molecule has 0 spiro atoms. The largest absolute Gasteiger partial charge is 0.456 e. The number of rotatable bonds is 6. The van der Waals surface area contributed by atoms with Crippen molar-refractivity contribution >= 4 is 82.5 Å². The van der Waals surface area contributed by atoms with Crippen molar-refractivity contribution in [3.63, 3.8) is 0 Å². The monoisotopic (exact) mass is 753 g/mol. The van der Waals surface area contributed by atoms with E-state index in [2.05, 4.69) is 205 Å². The number of fused-ring (bicyclic) bond motifs is 9. The van der Waals surface area contributed by atoms with E-state index in [0.29, 0.717) is 0 Å². The lowest BCUT2D eigenvalue weighted by atomic mass is 9.97. The van der Waals surface area contributed by atoms with Gasteiger partial charge in [-0.2, -0.15) is 0 Å². The Morgan fingerprint density at radius 2 is 0.881 bits per heavy atom. The molecule has 59 heavy (non-hydrogen) atoms. The van der Waals surface area contributed by atoms with E-state index in [9.17, 15) is 0 Å². The molecule has 0 N–H and O–H groups in total. The van der Waals surface area contributed by atoms with Crippen molar-refractivity contribution in [2.75, 3.05) is 4.90 Å². The lowest BCUT2D eigenvalue weighted by molar-refractivity contribution is 0.669. The molecule has 0 bridgehead atoms. The quantitative estimate of drug-likeness (QED) is 0.158. The topological polar surface area (TPSA) is 29.5 Å². The van der Waals surface area contributed by atoms with Crippen LogP contribution in [0.25, 0.3) is 98.8 Å². The van der Waals surface area contributed by atoms with E-state index in [1.54, 1.807) is 0 Å². The van der Waals surface area contributed by atoms with Crippen molar-refractivity contribution in [2.45, 2.75) is 0 Å². The molecule has 10 aromatic carbocycles. The summed E-state index contributed by atoms with van der Waals surface area (Å²) in [5, 5.41) is 9.34. The maximum Gasteiger partial charge on any atom is 0.145 e. The van der Waals surface area contributed by atoms with Gasteiger partial charge >= 0.3 is 0 Å². The highest BCUT2D eigenvalue weighted by Gasteiger charge is 2.23. The molecular weight excluding hydrogens is 719 g/mol. The third kappa shape index (κ3) is 5.51. The van der Waals surface area contributed by atoms with E-state index < -0.39 is 0 Å². The molecule has 3 heteroatoms. The molecule has 2 aromatic heterocycles. The fraction of sp³-hybridized carbons (Fsp3) is 0. The standard InChI is InChI=1S/C56H35NO2/c1-3-11-36(12-4-1)41-24-29-50-53(34-41)59-56-47(38-13-5-2-6-14-38)31-32-51(55(50)56)57(44-27-30-49-48-17-9-10-18-52(48)58-54(49)35-44)43-25-21-37(22-26-43)40-23-28-46-42(33-40)20-19-39-15-7-8-16-45(39)46/h1-35H. The van der Waals surface area contributed by atoms with Gasteiger partial charge in [-0.25, -0.2) is 0 Å². The van der Waals surface area contributed by atoms with Crippen LogP contribution < -0.4 is 4.90 Å². The van der Waals surface area contributed by atoms with Gasteiger partial charge in [0.05, 0.1) is 11.1 Å². The third-order valence-electron chi connectivity index (χ3n) is 11.9. The molecular formula is C56H35NO2. The Hall–Kier alpha value is -7.88. The van der Waals surface area contributed by atoms with Crippen LogP contribution in [0.1, 0.15) is 0 Å². The number of furan rings is 2. The SMILES string of the molecule is c1ccc(-c2ccc3c(c2)oc2c(-c4ccccc4)ccc(N(c4ccc(-c5ccc6c(ccc7ccccc76)c5)cc4)c4ccc5c(c4)oc4ccccc45)c23)cc1. The van der Waals surface area contributed by atoms with Crippen molar-refractivity contribution in [2.24, 2.45) is 0 Å². The number of benzene rings is 10. The summed E-state index contributed by atoms with van der Waals surface area (Å²) in [4.78, 5) is 2.35. The second-order valence-electron chi connectivity index (χ2n) is 15.3. The van der Waals surface area contributed by atoms with E-state index in [-0.39, 0.29) is 0 Å². The van der Waals surface area contributed by atoms with Crippen molar-refractivity contribution < 1.29 is 8.83 Å². The summed E-state index contributed by atoms with van der Waals surface area (Å²) in [5.41, 5.74) is 13.2. The highest BCUT2D eigenvalue weighted by molar-refractivity contribution is 6.18. The summed E-state index contributed by atoms with van der Waals surface area (Å²) in [6.45, 7) is 0. The summed E-state index contributed by atoms with van der Waals surface area (Å²) in [6.07, 6.45) is 0. The maximum atomic E-state index is 6.97. The van der Waals surface area contributed by atoms with Gasteiger partial charge in [-0.15, -0.1) is 0 Å². The van der Waals surface area contributed by atoms with Crippen LogP contribution in [0.5, 0.6) is 0 Å². The first-order valence-corrected chi connectivity index (χ1v) is 20.1. The third-order valence-corrected chi connectivity index (χ3v) is 11.9. The molecule has 0 aliphatic carbocycles. The average molecular weight is 754 g/mol. The van der Waals surface area contributed by atoms with Crippen LogP contribution in [0.2, 0.25) is 0 Å². The molecule has 0 unspecified atom stereocenters. The Morgan fingerprint density at radius 3 is 1.71 bits per heavy atom. The molecule has 0 saturated carbocycles. The predicted molar refractivity (Wildman–Crippen MR) is 247 cm³/mol. The van der Waals surface area contributed by atoms with E-state index in [4.69, 9.17) is 8.83 Å². The summed E-state index contributed by atoms with van der Waals surface area (Å²) >= 11 is 0. The van der Waals surface area contributed by atoms with Crippen LogP contribution in [-0.2, 0) is 0 Å². The van der Waals surface area contributed by atoms with Gasteiger partial charge in [0.25, 0.3) is 0 Å². The summed E-state index contributed by atoms with van der Waals surface area (Å²) in [7, 11) is 0. The molecule has 0 atom stereocenters. The van der Waals surface area contributed by atoms with Crippen LogP contribution in [0.15, 0.2) is 221 Å². The minimum Gasteiger partial charge on any atom is -0.456 e. The number of para-hydroxylation sites is 1. The van der Waals surface area contributed by atoms with Crippen LogP contribution in [0, 0.1) is 0 Å². The molecule has 0 radical (unpaired) electrons. The Kier molecular flexibility index (Phi) is 7.54. The lowest BCUT2D eigenvalue weighted by Crippen LogP contribution is -2.10. The fourth-order valence-corrected chi connectivity index (χ4v) is 8.98. The second kappa shape index (κ2) is 13.4. The Labute approximate surface area is 340 Å². The minimum absolute atomic E-state index is 0.843. The Bertz CT molecular complexity index is 3540. The van der Waals surface area contributed by atoms with Crippen molar-refractivity contribution in [1.82, 2.24) is 0 Å². The molecule has 0 aliphatic heterocycles. The Balaban J connectivity index is 1.06. The van der Waals surface area contributed by atoms with Crippen LogP contribution in [0.3, 0.4) is 0 Å². The molecule has 12 rings (SSSR count). The number of hydrogen-bond acceptors (Lipinski definition) is 3. The zero-order chi connectivity index (χ0) is 38.9. The summed E-state index contributed by atoms with van der Waals surface area (Å²) in [5.74, 6) is 0. The molecule has 0 aliphatic rings. The second-order valence-corrected chi connectivity index (χ2v) is 15.3. The lowest BCUT2D eigenvalue weighted by Gasteiger charge is -2.27. The predicted octanol–water partition coefficient (Wildman–Crippen LogP) is 16.3. The van der Waals surface area contributed by atoms with E-state index in [1.807, 2.05) is 12.1 Å². The molecule has 12 aromatic rings. The maximum absolute atomic E-state index is 6.97. The fourth-order valence-electron chi connectivity index (χ4n) is 8.98. The smallest absolute Gasteiger partial charge is 0.145 e. The summed E-state index contributed by atoms with van der Waals surface area (Å²) in [6, 6.07) is 75.6. The van der Waals surface area contributed by atoms with Gasteiger partial charge in [-0.05, 0) is 110 Å². The summed E-state index contributed by atoms with van der Waals surface area (Å²) < 4.78 is 13.5. The first-order valence-electron chi connectivity index (χ1n) is 20.1. The molecule has 276 valence electrons. The van der Waals surface area contributed by atoms with E-state index in [0.717, 1.165) is 88.8 Å². The average Bonchev–Trinajstić information content (AvgIpc) is 3.88. The Morgan fingerprint density at radius 1 is 0.305 bits per heavy atom. The first-order chi connectivity index (χ1) is 29.2. The van der Waals surface area contributed by atoms with Crippen molar-refractivity contribution in [1.29, 1.82) is 0 Å². The van der Waals surface area contributed by atoms with Gasteiger partial charge in [0.15, 0.2) is 0 Å². The molecule has 0 amide bonds. The van der Waals surface area contributed by atoms with Gasteiger partial charge in [-0.1, -0.05) is 146 Å². The van der Waals surface area contributed by atoms with Gasteiger partial charge in [0, 0.05) is 39.2 Å². The van der Waals surface area contributed by atoms with Crippen LogP contribution in [0.4, 0.5) is 17.1 Å². The molecule has 2 heterocycles. The van der Waals surface area contributed by atoms with Gasteiger partial charge in [-0.3, -0.25) is 0 Å². The minimum atomic E-state index is 0.843. The highest BCUT2D eigenvalue weighted by Crippen LogP contribution is 2.48. The van der Waals surface area contributed by atoms with E-state index in [1.165, 1.54) is 27.1 Å². The molecule has 0 fully saturated rings. The van der Waals surface area contributed by atoms with Crippen molar-refractivity contribution in [3.05, 3.63) is 212 Å². The normalized spacial score (nSPS) is 11.7. The number of hydrogen-bond donors (Lipinski definition) is 0. The van der Waals surface area contributed by atoms with Gasteiger partial charge in [0.2, 0.25) is 0 Å². The first kappa shape index (κ1) is 33.3. The van der Waals surface area contributed by atoms with E-state index >= 15 is 0 Å². The van der Waals surface area contributed by atoms with Crippen LogP contribution >= 0.6 is 0 Å². The molecule has 0 saturated heterocycles. The van der Waals surface area contributed by atoms with Crippen LogP contribution in [-0.4, -0.2) is 0 Å². The van der Waals surface area contributed by atoms with Crippen molar-refractivity contribution in [3.8, 4) is 33.4 Å². The van der Waals surface area contributed by atoms with Gasteiger partial charge < -0.3 is 13.7 Å². The zero-order valence-electron chi connectivity index (χ0n) is 32.0. The highest BCUT2D eigenvalue weighted by atomic mass is 16.3.